The number of benzene rings is 1. The van der Waals surface area contributed by atoms with Crippen LogP contribution in [-0.2, 0) is 11.2 Å². The van der Waals surface area contributed by atoms with Gasteiger partial charge in [0.05, 0.1) is 24.5 Å². The molecule has 1 fully saturated rings. The number of Topliss-reactive ketones (excluding diaryl/α,β-unsaturated/α-hetero) is 1. The second-order valence-electron chi connectivity index (χ2n) is 8.62. The Morgan fingerprint density at radius 3 is 2.81 bits per heavy atom. The number of carbonyl (C=O) groups excluding carboxylic acids is 1. The van der Waals surface area contributed by atoms with Crippen molar-refractivity contribution in [2.75, 3.05) is 13.2 Å². The van der Waals surface area contributed by atoms with Gasteiger partial charge in [0.2, 0.25) is 5.89 Å². The number of nitrogens with zero attached hydrogens (tertiary/aromatic N) is 3. The van der Waals surface area contributed by atoms with E-state index in [0.717, 1.165) is 0 Å². The third-order valence-corrected chi connectivity index (χ3v) is 6.13. The normalized spacial score (nSPS) is 17.5. The van der Waals surface area contributed by atoms with Crippen LogP contribution in [0.1, 0.15) is 53.7 Å². The Labute approximate surface area is 212 Å². The van der Waals surface area contributed by atoms with Gasteiger partial charge in [-0.25, -0.2) is 4.39 Å². The van der Waals surface area contributed by atoms with Crippen LogP contribution in [0.15, 0.2) is 53.6 Å². The second-order valence-corrected chi connectivity index (χ2v) is 8.62. The van der Waals surface area contributed by atoms with Gasteiger partial charge < -0.3 is 13.9 Å². The van der Waals surface area contributed by atoms with Crippen LogP contribution < -0.4 is 4.74 Å². The fourth-order valence-corrected chi connectivity index (χ4v) is 4.20. The number of rotatable bonds is 10. The van der Waals surface area contributed by atoms with E-state index in [2.05, 4.69) is 28.3 Å². The summed E-state index contributed by atoms with van der Waals surface area (Å²) in [4.78, 5) is 17.7. The van der Waals surface area contributed by atoms with E-state index in [1.54, 1.807) is 6.07 Å². The van der Waals surface area contributed by atoms with Crippen LogP contribution in [0.2, 0.25) is 0 Å². The van der Waals surface area contributed by atoms with E-state index in [-0.39, 0.29) is 41.2 Å². The molecule has 1 saturated heterocycles. The van der Waals surface area contributed by atoms with Crippen molar-refractivity contribution in [1.29, 1.82) is 0 Å². The summed E-state index contributed by atoms with van der Waals surface area (Å²) in [6.07, 6.45) is 1.07. The summed E-state index contributed by atoms with van der Waals surface area (Å²) in [5.74, 6) is -1.37. The minimum absolute atomic E-state index is 0.156. The summed E-state index contributed by atoms with van der Waals surface area (Å²) in [5, 5.41) is 6.97. The number of aryl methyl sites for hydroxylation is 1. The molecule has 37 heavy (non-hydrogen) atoms. The molecule has 4 rings (SSSR count). The summed E-state index contributed by atoms with van der Waals surface area (Å²) < 4.78 is 56.2. The summed E-state index contributed by atoms with van der Waals surface area (Å²) >= 11 is 0. The minimum atomic E-state index is -2.91. The lowest BCUT2D eigenvalue weighted by Gasteiger charge is -2.32. The molecule has 2 unspecified atom stereocenters. The maximum atomic E-state index is 13.6. The molecule has 3 heterocycles. The van der Waals surface area contributed by atoms with Gasteiger partial charge >= 0.3 is 6.43 Å². The quantitative estimate of drug-likeness (QED) is 0.242. The Bertz CT molecular complexity index is 1310. The van der Waals surface area contributed by atoms with Gasteiger partial charge in [0.1, 0.15) is 17.7 Å². The standard InChI is InChI=1S/C27H26F3N3O4/c1-4-16-11-19(28)6-7-22(16)36-23-8-9-35-14-18(23)10-15(3)24(34)20-12-17(13-31-21(20)5-2)26-32-33-27(37-26)25(29)30/h4,6-7,11-13,18,23,25H,1,3,5,8-10,14H2,2H3. The molecule has 0 saturated carbocycles. The number of ether oxygens (including phenoxy) is 2. The SMILES string of the molecule is C=Cc1cc(F)ccc1OC1CCOCC1CC(=C)C(=O)c1cc(-c2nnc(C(F)F)o2)cnc1CC. The molecule has 1 aromatic carbocycles. The van der Waals surface area contributed by atoms with Crippen molar-refractivity contribution < 1.29 is 31.9 Å². The minimum Gasteiger partial charge on any atom is -0.489 e. The summed E-state index contributed by atoms with van der Waals surface area (Å²) in [6.45, 7) is 10.4. The van der Waals surface area contributed by atoms with Crippen LogP contribution in [0.4, 0.5) is 13.2 Å². The highest BCUT2D eigenvalue weighted by atomic mass is 19.3. The van der Waals surface area contributed by atoms with Gasteiger partial charge in [-0.1, -0.05) is 26.2 Å². The van der Waals surface area contributed by atoms with E-state index < -0.39 is 18.1 Å². The molecule has 10 heteroatoms. The molecule has 3 aromatic rings. The fourth-order valence-electron chi connectivity index (χ4n) is 4.20. The highest BCUT2D eigenvalue weighted by molar-refractivity contribution is 6.09. The first-order valence-corrected chi connectivity index (χ1v) is 11.8. The molecule has 0 N–H and O–H groups in total. The summed E-state index contributed by atoms with van der Waals surface area (Å²) in [6, 6.07) is 5.72. The topological polar surface area (TPSA) is 87.3 Å². The Morgan fingerprint density at radius 1 is 1.30 bits per heavy atom. The molecule has 7 nitrogen and oxygen atoms in total. The first-order valence-electron chi connectivity index (χ1n) is 11.8. The lowest BCUT2D eigenvalue weighted by molar-refractivity contribution is -0.0231. The number of allylic oxidation sites excluding steroid dienone is 1. The Balaban J connectivity index is 1.53. The molecular weight excluding hydrogens is 487 g/mol. The van der Waals surface area contributed by atoms with Gasteiger partial charge in [0.15, 0.2) is 5.78 Å². The molecule has 0 aliphatic carbocycles. The van der Waals surface area contributed by atoms with Crippen LogP contribution in [-0.4, -0.2) is 40.3 Å². The van der Waals surface area contributed by atoms with Crippen molar-refractivity contribution in [3.05, 3.63) is 77.7 Å². The van der Waals surface area contributed by atoms with Gasteiger partial charge in [-0.15, -0.1) is 10.2 Å². The van der Waals surface area contributed by atoms with Gasteiger partial charge in [-0.3, -0.25) is 9.78 Å². The van der Waals surface area contributed by atoms with E-state index in [1.807, 2.05) is 6.92 Å². The average molecular weight is 514 g/mol. The third kappa shape index (κ3) is 5.96. The van der Waals surface area contributed by atoms with Gasteiger partial charge in [0, 0.05) is 29.7 Å². The van der Waals surface area contributed by atoms with E-state index in [1.165, 1.54) is 30.5 Å². The van der Waals surface area contributed by atoms with Crippen molar-refractivity contribution in [3.63, 3.8) is 0 Å². The zero-order chi connectivity index (χ0) is 26.5. The molecule has 2 atom stereocenters. The van der Waals surface area contributed by atoms with Crippen LogP contribution in [0.5, 0.6) is 5.75 Å². The van der Waals surface area contributed by atoms with E-state index in [4.69, 9.17) is 13.9 Å². The molecule has 0 bridgehead atoms. The molecule has 2 aromatic heterocycles. The number of halogens is 3. The van der Waals surface area contributed by atoms with E-state index in [9.17, 15) is 18.0 Å². The Hall–Kier alpha value is -3.79. The number of carbonyl (C=O) groups is 1. The Kier molecular flexibility index (Phi) is 8.17. The van der Waals surface area contributed by atoms with Crippen molar-refractivity contribution in [2.45, 2.75) is 38.7 Å². The van der Waals surface area contributed by atoms with Crippen molar-refractivity contribution in [3.8, 4) is 17.2 Å². The molecule has 0 amide bonds. The average Bonchev–Trinajstić information content (AvgIpc) is 3.41. The maximum absolute atomic E-state index is 13.6. The zero-order valence-electron chi connectivity index (χ0n) is 20.3. The largest absolute Gasteiger partial charge is 0.489 e. The van der Waals surface area contributed by atoms with Crippen molar-refractivity contribution in [1.82, 2.24) is 15.2 Å². The smallest absolute Gasteiger partial charge is 0.314 e. The van der Waals surface area contributed by atoms with E-state index >= 15 is 0 Å². The van der Waals surface area contributed by atoms with Crippen LogP contribution in [0.3, 0.4) is 0 Å². The predicted octanol–water partition coefficient (Wildman–Crippen LogP) is 6.03. The summed E-state index contributed by atoms with van der Waals surface area (Å²) in [7, 11) is 0. The van der Waals surface area contributed by atoms with Crippen molar-refractivity contribution >= 4 is 11.9 Å². The van der Waals surface area contributed by atoms with Crippen LogP contribution >= 0.6 is 0 Å². The highest BCUT2D eigenvalue weighted by Crippen LogP contribution is 2.31. The first kappa shape index (κ1) is 26.3. The number of aromatic nitrogens is 3. The Morgan fingerprint density at radius 2 is 2.11 bits per heavy atom. The molecule has 0 radical (unpaired) electrons. The molecule has 194 valence electrons. The van der Waals surface area contributed by atoms with Crippen LogP contribution in [0.25, 0.3) is 17.5 Å². The number of ketones is 1. The van der Waals surface area contributed by atoms with Gasteiger partial charge in [-0.05, 0) is 42.7 Å². The summed E-state index contributed by atoms with van der Waals surface area (Å²) in [5.41, 5.74) is 1.91. The highest BCUT2D eigenvalue weighted by Gasteiger charge is 2.31. The lowest BCUT2D eigenvalue weighted by Crippen LogP contribution is -2.37. The van der Waals surface area contributed by atoms with Crippen molar-refractivity contribution in [2.24, 2.45) is 5.92 Å². The van der Waals surface area contributed by atoms with Crippen LogP contribution in [0, 0.1) is 11.7 Å². The second kappa shape index (κ2) is 11.5. The third-order valence-electron chi connectivity index (χ3n) is 6.13. The zero-order valence-corrected chi connectivity index (χ0v) is 20.3. The lowest BCUT2D eigenvalue weighted by atomic mass is 9.88. The number of alkyl halides is 2. The van der Waals surface area contributed by atoms with Gasteiger partial charge in [0.25, 0.3) is 5.89 Å². The fraction of sp³-hybridized carbons (Fsp3) is 0.333. The molecular formula is C27H26F3N3O4. The molecule has 1 aliphatic rings. The monoisotopic (exact) mass is 513 g/mol. The van der Waals surface area contributed by atoms with E-state index in [0.29, 0.717) is 48.6 Å². The predicted molar refractivity (Wildman–Crippen MR) is 130 cm³/mol. The first-order chi connectivity index (χ1) is 17.8. The molecule has 0 spiro atoms. The number of pyridine rings is 1. The van der Waals surface area contributed by atoms with Gasteiger partial charge in [-0.2, -0.15) is 8.78 Å². The molecule has 1 aliphatic heterocycles. The maximum Gasteiger partial charge on any atom is 0.314 e. The number of hydrogen-bond acceptors (Lipinski definition) is 7. The number of hydrogen-bond donors (Lipinski definition) is 0.